The molecule has 0 saturated heterocycles. The van der Waals surface area contributed by atoms with Gasteiger partial charge in [0.1, 0.15) is 17.1 Å². The molecule has 0 fully saturated rings. The van der Waals surface area contributed by atoms with Gasteiger partial charge in [-0.25, -0.2) is 8.78 Å². The fourth-order valence-electron chi connectivity index (χ4n) is 2.41. The molecule has 3 rings (SSSR count). The summed E-state index contributed by atoms with van der Waals surface area (Å²) < 4.78 is 32.1. The summed E-state index contributed by atoms with van der Waals surface area (Å²) >= 11 is 0. The molecule has 0 aliphatic rings. The molecule has 0 bridgehead atoms. The zero-order chi connectivity index (χ0) is 17.1. The van der Waals surface area contributed by atoms with E-state index in [4.69, 9.17) is 4.74 Å². The molecule has 2 aromatic carbocycles. The van der Waals surface area contributed by atoms with Crippen molar-refractivity contribution in [3.05, 3.63) is 53.7 Å². The quantitative estimate of drug-likeness (QED) is 0.746. The number of methoxy groups -OCH3 is 1. The van der Waals surface area contributed by atoms with Crippen molar-refractivity contribution < 1.29 is 13.5 Å². The molecule has 0 atom stereocenters. The van der Waals surface area contributed by atoms with Gasteiger partial charge in [0.05, 0.1) is 7.11 Å². The lowest BCUT2D eigenvalue weighted by molar-refractivity contribution is 0.416. The van der Waals surface area contributed by atoms with Gasteiger partial charge in [-0.2, -0.15) is 0 Å². The second-order valence-corrected chi connectivity index (χ2v) is 5.01. The number of aromatic amines is 1. The van der Waals surface area contributed by atoms with E-state index < -0.39 is 11.6 Å². The summed E-state index contributed by atoms with van der Waals surface area (Å²) in [5.74, 6) is -1.27. The largest absolute Gasteiger partial charge is 0.496 e. The van der Waals surface area contributed by atoms with Gasteiger partial charge in [-0.1, -0.05) is 11.3 Å². The molecule has 0 amide bonds. The van der Waals surface area contributed by atoms with Crippen LogP contribution in [-0.2, 0) is 0 Å². The standard InChI is InChI=1S/C17H14F2N4O/c1-20-9-15-17(22-23-21-15)11-4-6-16(24-2)12(7-11)10-3-5-13(18)14(19)8-10/h3-9H,1-2H3,(H,21,22,23)/b20-9+. The lowest BCUT2D eigenvalue weighted by atomic mass is 9.99. The molecule has 0 spiro atoms. The van der Waals surface area contributed by atoms with E-state index in [-0.39, 0.29) is 0 Å². The number of hydrogen-bond acceptors (Lipinski definition) is 4. The summed E-state index contributed by atoms with van der Waals surface area (Å²) in [6.45, 7) is 0. The van der Waals surface area contributed by atoms with Crippen molar-refractivity contribution in [2.45, 2.75) is 0 Å². The number of nitrogens with zero attached hydrogens (tertiary/aromatic N) is 3. The van der Waals surface area contributed by atoms with Crippen LogP contribution in [0.3, 0.4) is 0 Å². The number of hydrogen-bond donors (Lipinski definition) is 1. The predicted octanol–water partition coefficient (Wildman–Crippen LogP) is 3.47. The topological polar surface area (TPSA) is 63.2 Å². The molecule has 0 saturated carbocycles. The molecule has 122 valence electrons. The SMILES string of the molecule is C/N=C/c1[nH]nnc1-c1ccc(OC)c(-c2ccc(F)c(F)c2)c1. The Bertz CT molecular complexity index is 905. The first-order valence-corrected chi connectivity index (χ1v) is 7.11. The molecule has 1 heterocycles. The number of aliphatic imine (C=N–C) groups is 1. The van der Waals surface area contributed by atoms with Gasteiger partial charge in [-0.3, -0.25) is 10.1 Å². The Morgan fingerprint density at radius 2 is 1.88 bits per heavy atom. The number of benzene rings is 2. The normalized spacial score (nSPS) is 11.2. The highest BCUT2D eigenvalue weighted by Gasteiger charge is 2.14. The van der Waals surface area contributed by atoms with Crippen LogP contribution in [0.5, 0.6) is 5.75 Å². The van der Waals surface area contributed by atoms with E-state index in [9.17, 15) is 8.78 Å². The van der Waals surface area contributed by atoms with Crippen molar-refractivity contribution in [2.75, 3.05) is 14.2 Å². The first-order chi connectivity index (χ1) is 11.6. The van der Waals surface area contributed by atoms with Gasteiger partial charge >= 0.3 is 0 Å². The zero-order valence-electron chi connectivity index (χ0n) is 13.0. The van der Waals surface area contributed by atoms with E-state index in [1.807, 2.05) is 6.07 Å². The second kappa shape index (κ2) is 6.57. The Morgan fingerprint density at radius 3 is 2.58 bits per heavy atom. The van der Waals surface area contributed by atoms with Crippen molar-refractivity contribution >= 4 is 6.21 Å². The molecular formula is C17H14F2N4O. The van der Waals surface area contributed by atoms with Gasteiger partial charge in [-0.05, 0) is 35.9 Å². The lowest BCUT2D eigenvalue weighted by Crippen LogP contribution is -1.93. The van der Waals surface area contributed by atoms with Crippen LogP contribution in [0.4, 0.5) is 8.78 Å². The van der Waals surface area contributed by atoms with E-state index in [1.54, 1.807) is 25.4 Å². The van der Waals surface area contributed by atoms with E-state index >= 15 is 0 Å². The van der Waals surface area contributed by atoms with Gasteiger partial charge in [0, 0.05) is 24.4 Å². The van der Waals surface area contributed by atoms with Crippen LogP contribution in [-0.4, -0.2) is 35.8 Å². The molecule has 5 nitrogen and oxygen atoms in total. The summed E-state index contributed by atoms with van der Waals surface area (Å²) in [6, 6.07) is 9.06. The maximum Gasteiger partial charge on any atom is 0.159 e. The summed E-state index contributed by atoms with van der Waals surface area (Å²) in [6.07, 6.45) is 1.61. The summed E-state index contributed by atoms with van der Waals surface area (Å²) in [5.41, 5.74) is 3.13. The number of rotatable bonds is 4. The van der Waals surface area contributed by atoms with Gasteiger partial charge in [0.15, 0.2) is 11.6 Å². The second-order valence-electron chi connectivity index (χ2n) is 5.01. The monoisotopic (exact) mass is 328 g/mol. The third kappa shape index (κ3) is 2.88. The highest BCUT2D eigenvalue weighted by molar-refractivity contribution is 5.87. The molecule has 0 aliphatic carbocycles. The van der Waals surface area contributed by atoms with Crippen molar-refractivity contribution in [3.8, 4) is 28.1 Å². The molecule has 0 unspecified atom stereocenters. The third-order valence-corrected chi connectivity index (χ3v) is 3.54. The van der Waals surface area contributed by atoms with Gasteiger partial charge < -0.3 is 4.74 Å². The van der Waals surface area contributed by atoms with E-state index in [0.717, 1.165) is 17.7 Å². The Hall–Kier alpha value is -3.09. The summed E-state index contributed by atoms with van der Waals surface area (Å²) in [7, 11) is 3.16. The fourth-order valence-corrected chi connectivity index (χ4v) is 2.41. The predicted molar refractivity (Wildman–Crippen MR) is 87.2 cm³/mol. The number of H-pyrrole nitrogens is 1. The van der Waals surface area contributed by atoms with Crippen LogP contribution in [0.2, 0.25) is 0 Å². The van der Waals surface area contributed by atoms with Crippen LogP contribution in [0.25, 0.3) is 22.4 Å². The Balaban J connectivity index is 2.15. The average molecular weight is 328 g/mol. The van der Waals surface area contributed by atoms with E-state index in [0.29, 0.717) is 28.3 Å². The van der Waals surface area contributed by atoms with Crippen molar-refractivity contribution in [3.63, 3.8) is 0 Å². The van der Waals surface area contributed by atoms with Crippen molar-refractivity contribution in [1.82, 2.24) is 15.4 Å². The molecule has 24 heavy (non-hydrogen) atoms. The van der Waals surface area contributed by atoms with Gasteiger partial charge in [0.25, 0.3) is 0 Å². The minimum absolute atomic E-state index is 0.502. The molecule has 7 heteroatoms. The number of ether oxygens (including phenoxy) is 1. The maximum absolute atomic E-state index is 13.6. The number of nitrogens with one attached hydrogen (secondary N) is 1. The Morgan fingerprint density at radius 1 is 1.08 bits per heavy atom. The van der Waals surface area contributed by atoms with Crippen LogP contribution in [0.1, 0.15) is 5.69 Å². The lowest BCUT2D eigenvalue weighted by Gasteiger charge is -2.11. The minimum Gasteiger partial charge on any atom is -0.496 e. The molecule has 1 aromatic heterocycles. The van der Waals surface area contributed by atoms with E-state index in [2.05, 4.69) is 20.4 Å². The first-order valence-electron chi connectivity index (χ1n) is 7.11. The minimum atomic E-state index is -0.916. The third-order valence-electron chi connectivity index (χ3n) is 3.54. The van der Waals surface area contributed by atoms with Crippen LogP contribution in [0.15, 0.2) is 41.4 Å². The Labute approximate surface area is 137 Å². The van der Waals surface area contributed by atoms with Crippen LogP contribution < -0.4 is 4.74 Å². The van der Waals surface area contributed by atoms with Gasteiger partial charge in [-0.15, -0.1) is 5.10 Å². The highest BCUT2D eigenvalue weighted by atomic mass is 19.2. The summed E-state index contributed by atoms with van der Waals surface area (Å²) in [4.78, 5) is 3.95. The molecule has 0 aliphatic heterocycles. The molecular weight excluding hydrogens is 314 g/mol. The van der Waals surface area contributed by atoms with Gasteiger partial charge in [0.2, 0.25) is 0 Å². The maximum atomic E-state index is 13.6. The number of halogens is 2. The van der Waals surface area contributed by atoms with Crippen molar-refractivity contribution in [2.24, 2.45) is 4.99 Å². The number of aromatic nitrogens is 3. The molecule has 1 N–H and O–H groups in total. The highest BCUT2D eigenvalue weighted by Crippen LogP contribution is 2.34. The van der Waals surface area contributed by atoms with Crippen molar-refractivity contribution in [1.29, 1.82) is 0 Å². The first kappa shape index (κ1) is 15.8. The Kier molecular flexibility index (Phi) is 4.33. The average Bonchev–Trinajstić information content (AvgIpc) is 3.05. The zero-order valence-corrected chi connectivity index (χ0v) is 13.0. The van der Waals surface area contributed by atoms with E-state index in [1.165, 1.54) is 13.2 Å². The smallest absolute Gasteiger partial charge is 0.159 e. The molecule has 3 aromatic rings. The fraction of sp³-hybridized carbons (Fsp3) is 0.118. The van der Waals surface area contributed by atoms with Crippen LogP contribution in [0, 0.1) is 11.6 Å². The molecule has 0 radical (unpaired) electrons. The summed E-state index contributed by atoms with van der Waals surface area (Å²) in [5, 5.41) is 10.6. The van der Waals surface area contributed by atoms with Crippen LogP contribution >= 0.6 is 0 Å².